The summed E-state index contributed by atoms with van der Waals surface area (Å²) in [6.07, 6.45) is 1.13. The van der Waals surface area contributed by atoms with Crippen LogP contribution < -0.4 is 0 Å². The Morgan fingerprint density at radius 1 is 1.45 bits per heavy atom. The van der Waals surface area contributed by atoms with Crippen LogP contribution in [-0.2, 0) is 9.47 Å². The number of ether oxygens (including phenoxy) is 2. The molecule has 0 saturated heterocycles. The van der Waals surface area contributed by atoms with Crippen LogP contribution in [0.25, 0.3) is 0 Å². The molecule has 0 aliphatic carbocycles. The van der Waals surface area contributed by atoms with Crippen molar-refractivity contribution in [1.29, 1.82) is 0 Å². The van der Waals surface area contributed by atoms with Crippen LogP contribution in [-0.4, -0.2) is 34.4 Å². The van der Waals surface area contributed by atoms with Gasteiger partial charge in [0.05, 0.1) is 8.67 Å². The quantitative estimate of drug-likeness (QED) is 0.277. The van der Waals surface area contributed by atoms with E-state index in [1.54, 1.807) is 25.4 Å². The smallest absolute Gasteiger partial charge is 0.200 e. The van der Waals surface area contributed by atoms with Crippen molar-refractivity contribution in [2.75, 3.05) is 20.1 Å². The molecule has 0 unspecified atom stereocenters. The largest absolute Gasteiger partial charge is 0.347 e. The lowest BCUT2D eigenvalue weighted by Crippen LogP contribution is -2.09. The second kappa shape index (κ2) is 8.87. The molecule has 0 fully saturated rings. The predicted octanol–water partition coefficient (Wildman–Crippen LogP) is 1.43. The highest BCUT2D eigenvalue weighted by molar-refractivity contribution is 8.22. The van der Waals surface area contributed by atoms with Gasteiger partial charge < -0.3 is 9.47 Å². The highest BCUT2D eigenvalue weighted by Crippen LogP contribution is 2.12. The molecule has 0 atom stereocenters. The summed E-state index contributed by atoms with van der Waals surface area (Å²) < 4.78 is 10.0. The molecular formula is C6H15ClO2SSi. The van der Waals surface area contributed by atoms with Gasteiger partial charge in [-0.2, -0.15) is 0 Å². The third kappa shape index (κ3) is 7.15. The molecule has 5 heteroatoms. The first-order valence-corrected chi connectivity index (χ1v) is 7.89. The summed E-state index contributed by atoms with van der Waals surface area (Å²) in [6, 6.07) is 1.26. The van der Waals surface area contributed by atoms with Gasteiger partial charge in [-0.1, -0.05) is 6.04 Å². The monoisotopic (exact) mass is 214 g/mol. The zero-order chi connectivity index (χ0) is 8.53. The van der Waals surface area contributed by atoms with Crippen molar-refractivity contribution in [2.24, 2.45) is 0 Å². The van der Waals surface area contributed by atoms with Crippen molar-refractivity contribution in [2.45, 2.75) is 18.1 Å². The zero-order valence-corrected chi connectivity index (χ0v) is 10.00. The maximum absolute atomic E-state index is 5.54. The molecule has 0 N–H and O–H groups in total. The van der Waals surface area contributed by atoms with E-state index in [4.69, 9.17) is 21.1 Å². The average molecular weight is 215 g/mol. The number of hydrogen-bond acceptors (Lipinski definition) is 3. The molecular weight excluding hydrogens is 200 g/mol. The molecule has 68 valence electrons. The molecule has 0 aromatic rings. The molecule has 0 radical (unpaired) electrons. The zero-order valence-electron chi connectivity index (χ0n) is 7.01. The van der Waals surface area contributed by atoms with Gasteiger partial charge in [0.2, 0.25) is 0 Å². The summed E-state index contributed by atoms with van der Waals surface area (Å²) >= 11 is 7.33. The van der Waals surface area contributed by atoms with E-state index in [2.05, 4.69) is 0 Å². The molecule has 0 bridgehead atoms. The fourth-order valence-electron chi connectivity index (χ4n) is 0.608. The minimum absolute atomic E-state index is 0.0583. The predicted molar refractivity (Wildman–Crippen MR) is 54.1 cm³/mol. The van der Waals surface area contributed by atoms with Gasteiger partial charge in [-0.25, -0.2) is 0 Å². The van der Waals surface area contributed by atoms with E-state index in [-0.39, 0.29) is 14.3 Å². The van der Waals surface area contributed by atoms with Crippen LogP contribution in [0.3, 0.4) is 0 Å². The normalized spacial score (nSPS) is 12.0. The summed E-state index contributed by atoms with van der Waals surface area (Å²) in [5, 5.41) is 0. The van der Waals surface area contributed by atoms with Gasteiger partial charge in [0.25, 0.3) is 0 Å². The summed E-state index contributed by atoms with van der Waals surface area (Å²) in [7, 11) is 3.24. The van der Waals surface area contributed by atoms with Gasteiger partial charge >= 0.3 is 0 Å². The van der Waals surface area contributed by atoms with E-state index >= 15 is 0 Å². The lowest BCUT2D eigenvalue weighted by atomic mass is 10.6. The van der Waals surface area contributed by atoms with Gasteiger partial charge in [0.1, 0.15) is 0 Å². The van der Waals surface area contributed by atoms with E-state index in [9.17, 15) is 0 Å². The number of alkyl halides is 1. The van der Waals surface area contributed by atoms with Crippen LogP contribution >= 0.6 is 22.8 Å². The fourth-order valence-corrected chi connectivity index (χ4v) is 4.71. The molecule has 0 aromatic carbocycles. The topological polar surface area (TPSA) is 18.5 Å². The molecule has 0 spiro atoms. The highest BCUT2D eigenvalue weighted by atomic mass is 35.5. The average Bonchev–Trinajstić information content (AvgIpc) is 2.05. The Morgan fingerprint density at radius 3 is 2.55 bits per heavy atom. The Bertz CT molecular complexity index is 83.0. The molecule has 11 heavy (non-hydrogen) atoms. The minimum Gasteiger partial charge on any atom is -0.347 e. The van der Waals surface area contributed by atoms with Gasteiger partial charge in [0, 0.05) is 20.1 Å². The van der Waals surface area contributed by atoms with Crippen molar-refractivity contribution < 1.29 is 9.47 Å². The van der Waals surface area contributed by atoms with Crippen LogP contribution in [0.1, 0.15) is 6.42 Å². The SMILES string of the molecule is COC(OC)S[SiH2]CCCCl. The Morgan fingerprint density at radius 2 is 2.09 bits per heavy atom. The second-order valence-corrected chi connectivity index (χ2v) is 6.46. The van der Waals surface area contributed by atoms with Gasteiger partial charge in [-0.05, 0) is 6.42 Å². The van der Waals surface area contributed by atoms with E-state index < -0.39 is 0 Å². The van der Waals surface area contributed by atoms with E-state index in [1.165, 1.54) is 6.04 Å². The number of hydrogen-bond donors (Lipinski definition) is 0. The minimum atomic E-state index is -0.0869. The highest BCUT2D eigenvalue weighted by Gasteiger charge is 2.03. The first-order chi connectivity index (χ1) is 5.35. The molecule has 0 saturated carbocycles. The third-order valence-corrected chi connectivity index (χ3v) is 5.51. The van der Waals surface area contributed by atoms with Crippen LogP contribution in [0.15, 0.2) is 0 Å². The summed E-state index contributed by atoms with van der Waals surface area (Å²) in [4.78, 5) is 0. The van der Waals surface area contributed by atoms with E-state index in [0.29, 0.717) is 0 Å². The van der Waals surface area contributed by atoms with Crippen LogP contribution in [0.5, 0.6) is 0 Å². The van der Waals surface area contributed by atoms with Gasteiger partial charge in [-0.15, -0.1) is 22.8 Å². The van der Waals surface area contributed by atoms with Crippen LogP contribution in [0.2, 0.25) is 6.04 Å². The van der Waals surface area contributed by atoms with Crippen LogP contribution in [0, 0.1) is 0 Å². The van der Waals surface area contributed by atoms with Crippen molar-refractivity contribution in [1.82, 2.24) is 0 Å². The lowest BCUT2D eigenvalue weighted by Gasteiger charge is -2.11. The lowest BCUT2D eigenvalue weighted by molar-refractivity contribution is -0.0333. The molecule has 0 rings (SSSR count). The summed E-state index contributed by atoms with van der Waals surface area (Å²) in [5.74, 6) is 0.776. The molecule has 0 amide bonds. The maximum Gasteiger partial charge on any atom is 0.200 e. The first kappa shape index (κ1) is 11.8. The van der Waals surface area contributed by atoms with Crippen molar-refractivity contribution in [3.05, 3.63) is 0 Å². The van der Waals surface area contributed by atoms with E-state index in [0.717, 1.165) is 12.3 Å². The Kier molecular flexibility index (Phi) is 9.50. The fraction of sp³-hybridized carbons (Fsp3) is 1.00. The molecule has 0 heterocycles. The van der Waals surface area contributed by atoms with Crippen LogP contribution in [0.4, 0.5) is 0 Å². The summed E-state index contributed by atoms with van der Waals surface area (Å²) in [6.45, 7) is 0. The molecule has 0 aliphatic rings. The Balaban J connectivity index is 3.07. The molecule has 0 aromatic heterocycles. The van der Waals surface area contributed by atoms with E-state index in [1.807, 2.05) is 0 Å². The Hall–Kier alpha value is 0.777. The second-order valence-electron chi connectivity index (χ2n) is 2.03. The van der Waals surface area contributed by atoms with Crippen molar-refractivity contribution in [3.8, 4) is 0 Å². The third-order valence-electron chi connectivity index (χ3n) is 1.17. The van der Waals surface area contributed by atoms with Crippen molar-refractivity contribution in [3.63, 3.8) is 0 Å². The van der Waals surface area contributed by atoms with Crippen molar-refractivity contribution >= 4 is 31.5 Å². The van der Waals surface area contributed by atoms with Gasteiger partial charge in [0.15, 0.2) is 5.62 Å². The number of halogens is 1. The Labute approximate surface area is 79.4 Å². The number of methoxy groups -OCH3 is 2. The summed E-state index contributed by atoms with van der Waals surface area (Å²) in [5.41, 5.74) is -0.0583. The maximum atomic E-state index is 5.54. The van der Waals surface area contributed by atoms with Gasteiger partial charge in [-0.3, -0.25) is 0 Å². The number of rotatable bonds is 7. The molecule has 0 aliphatic heterocycles. The first-order valence-electron chi connectivity index (χ1n) is 3.58. The molecule has 2 nitrogen and oxygen atoms in total. The standard InChI is InChI=1S/C6H15ClO2SSi/c1-8-6(9-2)10-11-5-3-4-7/h6H,3-5,11H2,1-2H3.